The molecule has 8 heteroatoms. The fourth-order valence-corrected chi connectivity index (χ4v) is 3.58. The average molecular weight is 428 g/mol. The third kappa shape index (κ3) is 6.40. The highest BCUT2D eigenvalue weighted by atomic mass is 32.2. The summed E-state index contributed by atoms with van der Waals surface area (Å²) in [6.07, 6.45) is 0.822. The Morgan fingerprint density at radius 1 is 0.967 bits per heavy atom. The minimum absolute atomic E-state index is 0.182. The summed E-state index contributed by atoms with van der Waals surface area (Å²) in [5.41, 5.74) is 0.925. The van der Waals surface area contributed by atoms with Crippen molar-refractivity contribution in [1.82, 2.24) is 4.72 Å². The molecule has 156 valence electrons. The van der Waals surface area contributed by atoms with E-state index in [4.69, 9.17) is 4.74 Å². The first-order valence-corrected chi connectivity index (χ1v) is 11.0. The first kappa shape index (κ1) is 21.5. The van der Waals surface area contributed by atoms with Crippen molar-refractivity contribution in [2.24, 2.45) is 0 Å². The van der Waals surface area contributed by atoms with Crippen molar-refractivity contribution in [3.8, 4) is 11.5 Å². The van der Waals surface area contributed by atoms with Crippen LogP contribution in [-0.2, 0) is 14.8 Å². The highest BCUT2D eigenvalue weighted by molar-refractivity contribution is 7.88. The number of para-hydroxylation sites is 3. The molecular weight excluding hydrogens is 407 g/mol. The second-order valence-electron chi connectivity index (χ2n) is 6.66. The Bertz CT molecular complexity index is 1100. The Labute approximate surface area is 174 Å². The van der Waals surface area contributed by atoms with Crippen molar-refractivity contribution in [1.29, 1.82) is 0 Å². The maximum absolute atomic E-state index is 13.2. The molecule has 0 aliphatic carbocycles. The molecule has 3 aromatic rings. The molecule has 0 heterocycles. The summed E-state index contributed by atoms with van der Waals surface area (Å²) in [6.45, 7) is 0. The molecule has 3 rings (SSSR count). The van der Waals surface area contributed by atoms with Gasteiger partial charge in [0.05, 0.1) is 18.0 Å². The van der Waals surface area contributed by atoms with Crippen LogP contribution in [0.2, 0.25) is 0 Å². The second kappa shape index (κ2) is 9.51. The molecule has 0 saturated heterocycles. The van der Waals surface area contributed by atoms with Crippen LogP contribution in [0.5, 0.6) is 11.5 Å². The lowest BCUT2D eigenvalue weighted by Crippen LogP contribution is -2.30. The summed E-state index contributed by atoms with van der Waals surface area (Å²) >= 11 is 0. The lowest BCUT2D eigenvalue weighted by Gasteiger charge is -2.18. The first-order chi connectivity index (χ1) is 14.3. The number of anilines is 1. The number of carbonyl (C=O) groups is 1. The van der Waals surface area contributed by atoms with E-state index in [1.54, 1.807) is 36.4 Å². The zero-order chi connectivity index (χ0) is 21.6. The Balaban J connectivity index is 1.76. The van der Waals surface area contributed by atoms with Crippen molar-refractivity contribution in [3.63, 3.8) is 0 Å². The number of hydrogen-bond acceptors (Lipinski definition) is 4. The van der Waals surface area contributed by atoms with Gasteiger partial charge in [-0.1, -0.05) is 42.5 Å². The zero-order valence-electron chi connectivity index (χ0n) is 16.2. The molecule has 0 aliphatic rings. The van der Waals surface area contributed by atoms with Crippen LogP contribution in [-0.4, -0.2) is 20.6 Å². The van der Waals surface area contributed by atoms with Crippen LogP contribution in [0.3, 0.4) is 0 Å². The van der Waals surface area contributed by atoms with E-state index in [0.29, 0.717) is 22.7 Å². The first-order valence-electron chi connectivity index (χ1n) is 9.15. The maximum atomic E-state index is 13.2. The van der Waals surface area contributed by atoms with E-state index in [2.05, 4.69) is 10.0 Å². The van der Waals surface area contributed by atoms with Gasteiger partial charge in [0.15, 0.2) is 5.75 Å². The van der Waals surface area contributed by atoms with E-state index < -0.39 is 27.8 Å². The molecule has 1 amide bonds. The summed E-state index contributed by atoms with van der Waals surface area (Å²) in [5.74, 6) is 0.187. The van der Waals surface area contributed by atoms with E-state index in [-0.39, 0.29) is 6.42 Å². The molecule has 1 atom stereocenters. The van der Waals surface area contributed by atoms with Gasteiger partial charge < -0.3 is 10.1 Å². The smallest absolute Gasteiger partial charge is 0.226 e. The van der Waals surface area contributed by atoms with Gasteiger partial charge in [-0.3, -0.25) is 4.79 Å². The molecule has 6 nitrogen and oxygen atoms in total. The fraction of sp³-hybridized carbons (Fsp3) is 0.136. The van der Waals surface area contributed by atoms with Crippen molar-refractivity contribution < 1.29 is 22.3 Å². The third-order valence-electron chi connectivity index (χ3n) is 4.15. The van der Waals surface area contributed by atoms with Gasteiger partial charge in [-0.15, -0.1) is 0 Å². The zero-order valence-corrected chi connectivity index (χ0v) is 17.0. The third-order valence-corrected chi connectivity index (χ3v) is 4.86. The van der Waals surface area contributed by atoms with Gasteiger partial charge in [0, 0.05) is 6.42 Å². The predicted octanol–water partition coefficient (Wildman–Crippen LogP) is 4.24. The van der Waals surface area contributed by atoms with Gasteiger partial charge in [0.1, 0.15) is 11.6 Å². The van der Waals surface area contributed by atoms with Crippen molar-refractivity contribution >= 4 is 21.6 Å². The topological polar surface area (TPSA) is 84.5 Å². The Hall–Kier alpha value is -3.23. The van der Waals surface area contributed by atoms with Gasteiger partial charge in [-0.05, 0) is 42.0 Å². The number of benzene rings is 3. The van der Waals surface area contributed by atoms with Crippen LogP contribution in [0.1, 0.15) is 18.0 Å². The summed E-state index contributed by atoms with van der Waals surface area (Å²) in [6, 6.07) is 20.5. The number of halogens is 1. The molecule has 0 spiro atoms. The standard InChI is InChI=1S/C22H21FN2O4S/c1-30(27,28)25-20(16-11-13-17(23)14-12-16)15-22(26)24-19-9-5-6-10-21(19)29-18-7-3-2-4-8-18/h2-14,20,25H,15H2,1H3,(H,24,26)/t20-/m1/s1. The minimum atomic E-state index is -3.60. The second-order valence-corrected chi connectivity index (χ2v) is 8.44. The van der Waals surface area contributed by atoms with E-state index >= 15 is 0 Å². The molecule has 0 aromatic heterocycles. The normalized spacial score (nSPS) is 12.2. The van der Waals surface area contributed by atoms with Gasteiger partial charge >= 0.3 is 0 Å². The van der Waals surface area contributed by atoms with Gasteiger partial charge in [0.2, 0.25) is 15.9 Å². The van der Waals surface area contributed by atoms with E-state index in [1.807, 2.05) is 18.2 Å². The maximum Gasteiger partial charge on any atom is 0.226 e. The summed E-state index contributed by atoms with van der Waals surface area (Å²) in [5, 5.41) is 2.76. The molecule has 0 unspecified atom stereocenters. The van der Waals surface area contributed by atoms with Crippen LogP contribution in [0.15, 0.2) is 78.9 Å². The molecule has 0 fully saturated rings. The van der Waals surface area contributed by atoms with Crippen LogP contribution < -0.4 is 14.8 Å². The lowest BCUT2D eigenvalue weighted by atomic mass is 10.0. The minimum Gasteiger partial charge on any atom is -0.455 e. The van der Waals surface area contributed by atoms with Gasteiger partial charge in [-0.25, -0.2) is 17.5 Å². The fourth-order valence-electron chi connectivity index (χ4n) is 2.84. The molecule has 0 saturated carbocycles. The Kier molecular flexibility index (Phi) is 6.81. The Morgan fingerprint density at radius 2 is 1.60 bits per heavy atom. The van der Waals surface area contributed by atoms with Crippen LogP contribution in [0.4, 0.5) is 10.1 Å². The summed E-state index contributed by atoms with van der Waals surface area (Å²) in [4.78, 5) is 12.7. The average Bonchev–Trinajstić information content (AvgIpc) is 2.69. The van der Waals surface area contributed by atoms with Crippen LogP contribution in [0.25, 0.3) is 0 Å². The number of ether oxygens (including phenoxy) is 1. The number of amides is 1. The quantitative estimate of drug-likeness (QED) is 0.562. The van der Waals surface area contributed by atoms with E-state index in [1.165, 1.54) is 24.3 Å². The Morgan fingerprint density at radius 3 is 2.27 bits per heavy atom. The molecule has 30 heavy (non-hydrogen) atoms. The van der Waals surface area contributed by atoms with Gasteiger partial charge in [-0.2, -0.15) is 0 Å². The number of hydrogen-bond donors (Lipinski definition) is 2. The van der Waals surface area contributed by atoms with Crippen LogP contribution >= 0.6 is 0 Å². The predicted molar refractivity (Wildman–Crippen MR) is 113 cm³/mol. The molecule has 0 aliphatic heterocycles. The molecule has 0 bridgehead atoms. The number of nitrogens with one attached hydrogen (secondary N) is 2. The highest BCUT2D eigenvalue weighted by Crippen LogP contribution is 2.29. The molecule has 2 N–H and O–H groups in total. The lowest BCUT2D eigenvalue weighted by molar-refractivity contribution is -0.116. The van der Waals surface area contributed by atoms with Crippen molar-refractivity contribution in [2.45, 2.75) is 12.5 Å². The number of sulfonamides is 1. The molecule has 0 radical (unpaired) electrons. The van der Waals surface area contributed by atoms with Crippen molar-refractivity contribution in [3.05, 3.63) is 90.2 Å². The summed E-state index contributed by atoms with van der Waals surface area (Å²) in [7, 11) is -3.60. The van der Waals surface area contributed by atoms with Crippen LogP contribution in [0, 0.1) is 5.82 Å². The molecular formula is C22H21FN2O4S. The monoisotopic (exact) mass is 428 g/mol. The highest BCUT2D eigenvalue weighted by Gasteiger charge is 2.21. The van der Waals surface area contributed by atoms with E-state index in [0.717, 1.165) is 6.26 Å². The molecule has 3 aromatic carbocycles. The summed E-state index contributed by atoms with van der Waals surface area (Å²) < 4.78 is 45.0. The number of rotatable bonds is 8. The number of carbonyl (C=O) groups excluding carboxylic acids is 1. The SMILES string of the molecule is CS(=O)(=O)N[C@H](CC(=O)Nc1ccccc1Oc1ccccc1)c1ccc(F)cc1. The van der Waals surface area contributed by atoms with Gasteiger partial charge in [0.25, 0.3) is 0 Å². The van der Waals surface area contributed by atoms with Crippen molar-refractivity contribution in [2.75, 3.05) is 11.6 Å². The largest absolute Gasteiger partial charge is 0.455 e. The van der Waals surface area contributed by atoms with E-state index in [9.17, 15) is 17.6 Å².